The molecule has 0 saturated heterocycles. The number of amides is 1. The zero-order chi connectivity index (χ0) is 16.1. The molecule has 1 aliphatic heterocycles. The fourth-order valence-electron chi connectivity index (χ4n) is 2.66. The van der Waals surface area contributed by atoms with Gasteiger partial charge in [-0.25, -0.2) is 5.48 Å². The van der Waals surface area contributed by atoms with Crippen LogP contribution in [-0.2, 0) is 13.0 Å². The Kier molecular flexibility index (Phi) is 4.85. The molecule has 1 aromatic heterocycles. The molecule has 6 nitrogen and oxygen atoms in total. The van der Waals surface area contributed by atoms with Gasteiger partial charge in [0.1, 0.15) is 12.4 Å². The second-order valence-electron chi connectivity index (χ2n) is 5.37. The van der Waals surface area contributed by atoms with E-state index in [4.69, 9.17) is 9.94 Å². The van der Waals surface area contributed by atoms with E-state index < -0.39 is 0 Å². The highest BCUT2D eigenvalue weighted by Gasteiger charge is 2.24. The Balaban J connectivity index is 1.70. The summed E-state index contributed by atoms with van der Waals surface area (Å²) in [5.41, 5.74) is 4.66. The van der Waals surface area contributed by atoms with E-state index in [-0.39, 0.29) is 5.91 Å². The number of benzene rings is 1. The van der Waals surface area contributed by atoms with E-state index in [9.17, 15) is 4.79 Å². The molecule has 1 aliphatic rings. The number of ether oxygens (including phenoxy) is 1. The van der Waals surface area contributed by atoms with Gasteiger partial charge in [0.25, 0.3) is 5.91 Å². The van der Waals surface area contributed by atoms with E-state index in [2.05, 4.69) is 4.98 Å². The van der Waals surface area contributed by atoms with Crippen molar-refractivity contribution in [1.29, 1.82) is 0 Å². The van der Waals surface area contributed by atoms with E-state index in [1.807, 2.05) is 40.7 Å². The number of pyridine rings is 1. The van der Waals surface area contributed by atoms with E-state index in [1.165, 1.54) is 0 Å². The predicted octanol–water partition coefficient (Wildman–Crippen LogP) is 1.64. The van der Waals surface area contributed by atoms with Gasteiger partial charge in [-0.2, -0.15) is 0 Å². The normalized spacial score (nSPS) is 13.8. The summed E-state index contributed by atoms with van der Waals surface area (Å²) >= 11 is 0. The van der Waals surface area contributed by atoms with Crippen molar-refractivity contribution < 1.29 is 14.7 Å². The fourth-order valence-corrected chi connectivity index (χ4v) is 2.66. The van der Waals surface area contributed by atoms with Crippen LogP contribution in [0.25, 0.3) is 0 Å². The van der Waals surface area contributed by atoms with Crippen LogP contribution < -0.4 is 10.2 Å². The lowest BCUT2D eigenvalue weighted by atomic mass is 9.98. The third-order valence-electron chi connectivity index (χ3n) is 3.81. The molecule has 3 rings (SSSR count). The number of hydrogen-bond donors (Lipinski definition) is 2. The second-order valence-corrected chi connectivity index (χ2v) is 5.37. The van der Waals surface area contributed by atoms with Crippen molar-refractivity contribution in [2.45, 2.75) is 13.0 Å². The molecule has 120 valence electrons. The molecule has 6 heteroatoms. The zero-order valence-corrected chi connectivity index (χ0v) is 12.7. The van der Waals surface area contributed by atoms with Gasteiger partial charge in [0.2, 0.25) is 0 Å². The number of nitrogens with one attached hydrogen (secondary N) is 1. The van der Waals surface area contributed by atoms with Crippen LogP contribution in [0.5, 0.6) is 5.75 Å². The Bertz CT molecular complexity index is 676. The van der Waals surface area contributed by atoms with Crippen LogP contribution in [0.4, 0.5) is 0 Å². The Hall–Kier alpha value is -2.44. The molecule has 0 unspecified atom stereocenters. The number of fused-ring (bicyclic) bond motifs is 1. The van der Waals surface area contributed by atoms with Crippen molar-refractivity contribution in [3.63, 3.8) is 0 Å². The molecule has 0 spiro atoms. The van der Waals surface area contributed by atoms with Crippen LogP contribution in [0.15, 0.2) is 42.6 Å². The molecule has 0 saturated carbocycles. The third kappa shape index (κ3) is 3.67. The van der Waals surface area contributed by atoms with Crippen LogP contribution >= 0.6 is 0 Å². The molecule has 2 aromatic rings. The Morgan fingerprint density at radius 3 is 3.00 bits per heavy atom. The second kappa shape index (κ2) is 7.21. The van der Waals surface area contributed by atoms with Crippen molar-refractivity contribution in [2.75, 3.05) is 19.7 Å². The maximum Gasteiger partial charge on any atom is 0.254 e. The first-order valence-corrected chi connectivity index (χ1v) is 7.60. The van der Waals surface area contributed by atoms with Gasteiger partial charge in [-0.15, -0.1) is 0 Å². The minimum absolute atomic E-state index is 0.0282. The SMILES string of the molecule is O=C1c2ccc(OCCNO)cc2CCN1Cc1ccccn1. The summed E-state index contributed by atoms with van der Waals surface area (Å²) < 4.78 is 5.51. The molecule has 0 radical (unpaired) electrons. The van der Waals surface area contributed by atoms with Crippen molar-refractivity contribution in [3.05, 3.63) is 59.4 Å². The van der Waals surface area contributed by atoms with Crippen LogP contribution in [0.3, 0.4) is 0 Å². The van der Waals surface area contributed by atoms with E-state index in [0.717, 1.165) is 23.2 Å². The first-order chi connectivity index (χ1) is 11.3. The maximum atomic E-state index is 12.6. The predicted molar refractivity (Wildman–Crippen MR) is 84.4 cm³/mol. The topological polar surface area (TPSA) is 74.7 Å². The molecule has 2 N–H and O–H groups in total. The monoisotopic (exact) mass is 313 g/mol. The lowest BCUT2D eigenvalue weighted by Gasteiger charge is -2.28. The molecule has 1 amide bonds. The molecule has 2 heterocycles. The van der Waals surface area contributed by atoms with E-state index in [0.29, 0.717) is 32.0 Å². The summed E-state index contributed by atoms with van der Waals surface area (Å²) in [7, 11) is 0. The smallest absolute Gasteiger partial charge is 0.254 e. The van der Waals surface area contributed by atoms with Gasteiger partial charge in [-0.3, -0.25) is 9.78 Å². The first-order valence-electron chi connectivity index (χ1n) is 7.60. The molecule has 23 heavy (non-hydrogen) atoms. The zero-order valence-electron chi connectivity index (χ0n) is 12.7. The number of carbonyl (C=O) groups excluding carboxylic acids is 1. The number of nitrogens with zero attached hydrogens (tertiary/aromatic N) is 2. The number of hydrogen-bond acceptors (Lipinski definition) is 5. The highest BCUT2D eigenvalue weighted by molar-refractivity contribution is 5.96. The summed E-state index contributed by atoms with van der Waals surface area (Å²) in [5, 5.41) is 8.54. The third-order valence-corrected chi connectivity index (χ3v) is 3.81. The van der Waals surface area contributed by atoms with Gasteiger partial charge >= 0.3 is 0 Å². The largest absolute Gasteiger partial charge is 0.492 e. The number of rotatable bonds is 6. The minimum Gasteiger partial charge on any atom is -0.492 e. The summed E-state index contributed by atoms with van der Waals surface area (Å²) in [6.45, 7) is 1.92. The van der Waals surface area contributed by atoms with Gasteiger partial charge < -0.3 is 14.8 Å². The van der Waals surface area contributed by atoms with Gasteiger partial charge in [-0.05, 0) is 42.3 Å². The van der Waals surface area contributed by atoms with Crippen LogP contribution in [0.1, 0.15) is 21.6 Å². The Morgan fingerprint density at radius 1 is 1.30 bits per heavy atom. The van der Waals surface area contributed by atoms with E-state index >= 15 is 0 Å². The van der Waals surface area contributed by atoms with Crippen LogP contribution in [-0.4, -0.2) is 40.7 Å². The molecule has 0 aliphatic carbocycles. The Morgan fingerprint density at radius 2 is 2.22 bits per heavy atom. The number of aromatic nitrogens is 1. The molecule has 0 fully saturated rings. The lowest BCUT2D eigenvalue weighted by molar-refractivity contribution is 0.0725. The van der Waals surface area contributed by atoms with Crippen molar-refractivity contribution in [2.24, 2.45) is 0 Å². The first kappa shape index (κ1) is 15.5. The van der Waals surface area contributed by atoms with Crippen LogP contribution in [0, 0.1) is 0 Å². The molecule has 0 bridgehead atoms. The van der Waals surface area contributed by atoms with Crippen molar-refractivity contribution in [3.8, 4) is 5.75 Å². The summed E-state index contributed by atoms with van der Waals surface area (Å²) in [5.74, 6) is 0.741. The van der Waals surface area contributed by atoms with Crippen molar-refractivity contribution >= 4 is 5.91 Å². The van der Waals surface area contributed by atoms with Gasteiger partial charge in [0, 0.05) is 18.3 Å². The highest BCUT2D eigenvalue weighted by Crippen LogP contribution is 2.24. The van der Waals surface area contributed by atoms with Gasteiger partial charge in [0.05, 0.1) is 18.8 Å². The van der Waals surface area contributed by atoms with Crippen LogP contribution in [0.2, 0.25) is 0 Å². The fraction of sp³-hybridized carbons (Fsp3) is 0.294. The quantitative estimate of drug-likeness (QED) is 0.626. The average Bonchev–Trinajstić information content (AvgIpc) is 2.59. The molecule has 0 atom stereocenters. The van der Waals surface area contributed by atoms with Gasteiger partial charge in [-0.1, -0.05) is 6.07 Å². The molecular weight excluding hydrogens is 294 g/mol. The van der Waals surface area contributed by atoms with Gasteiger partial charge in [0.15, 0.2) is 0 Å². The summed E-state index contributed by atoms with van der Waals surface area (Å²) in [6.07, 6.45) is 2.53. The standard InChI is InChI=1S/C17H19N3O3/c21-17-16-5-4-15(23-10-8-19-22)11-13(16)6-9-20(17)12-14-3-1-2-7-18-14/h1-5,7,11,19,22H,6,8-10,12H2. The summed E-state index contributed by atoms with van der Waals surface area (Å²) in [6, 6.07) is 11.2. The minimum atomic E-state index is 0.0282. The maximum absolute atomic E-state index is 12.6. The lowest BCUT2D eigenvalue weighted by Crippen LogP contribution is -2.37. The van der Waals surface area contributed by atoms with E-state index in [1.54, 1.807) is 12.3 Å². The molecular formula is C17H19N3O3. The number of hydroxylamine groups is 1. The van der Waals surface area contributed by atoms with Crippen molar-refractivity contribution in [1.82, 2.24) is 15.4 Å². The number of carbonyl (C=O) groups is 1. The highest BCUT2D eigenvalue weighted by atomic mass is 16.5. The average molecular weight is 313 g/mol. The molecule has 1 aromatic carbocycles. The summed E-state index contributed by atoms with van der Waals surface area (Å²) in [4.78, 5) is 18.7. The Labute approximate surface area is 134 Å².